The first-order valence-corrected chi connectivity index (χ1v) is 11.0. The van der Waals surface area contributed by atoms with Crippen LogP contribution in [0.4, 0.5) is 14.7 Å². The standard InChI is InChI=1S/C21H24F2N6OS/c1-12-10-24-19(25-11-12)13(2)14(3)31-28-21-27-26-20(17-8-5-9-30-17)29(21)18-15(22)6-4-7-16(18)23/h4,6-7,10-11,13-14,17H,5,8-9H2,1-3H3,(H,27,28). The van der Waals surface area contributed by atoms with Crippen molar-refractivity contribution >= 4 is 17.9 Å². The maximum atomic E-state index is 14.6. The molecule has 2 aromatic heterocycles. The number of rotatable bonds is 7. The number of anilines is 1. The molecule has 31 heavy (non-hydrogen) atoms. The molecular formula is C21H24F2N6OS. The zero-order valence-corrected chi connectivity index (χ0v) is 18.4. The molecule has 0 aliphatic carbocycles. The van der Waals surface area contributed by atoms with Crippen molar-refractivity contribution in [3.05, 3.63) is 59.4 Å². The van der Waals surface area contributed by atoms with E-state index in [0.717, 1.165) is 24.2 Å². The number of ether oxygens (including phenoxy) is 1. The largest absolute Gasteiger partial charge is 0.370 e. The van der Waals surface area contributed by atoms with Crippen molar-refractivity contribution in [2.75, 3.05) is 11.3 Å². The van der Waals surface area contributed by atoms with Gasteiger partial charge in [-0.2, -0.15) is 0 Å². The maximum Gasteiger partial charge on any atom is 0.239 e. The summed E-state index contributed by atoms with van der Waals surface area (Å²) in [7, 11) is 0. The topological polar surface area (TPSA) is 77.8 Å². The molecule has 3 atom stereocenters. The van der Waals surface area contributed by atoms with Gasteiger partial charge in [-0.3, -0.25) is 9.29 Å². The van der Waals surface area contributed by atoms with Crippen LogP contribution in [0.15, 0.2) is 30.6 Å². The second kappa shape index (κ2) is 9.27. The van der Waals surface area contributed by atoms with E-state index in [1.807, 2.05) is 20.8 Å². The summed E-state index contributed by atoms with van der Waals surface area (Å²) in [5, 5.41) is 8.42. The lowest BCUT2D eigenvalue weighted by Gasteiger charge is -2.20. The molecule has 164 valence electrons. The number of hydrogen-bond acceptors (Lipinski definition) is 7. The predicted molar refractivity (Wildman–Crippen MR) is 115 cm³/mol. The van der Waals surface area contributed by atoms with Gasteiger partial charge in [0.2, 0.25) is 5.95 Å². The number of nitrogens with zero attached hydrogens (tertiary/aromatic N) is 5. The summed E-state index contributed by atoms with van der Waals surface area (Å²) in [6, 6.07) is 3.76. The molecule has 0 radical (unpaired) electrons. The molecule has 3 heterocycles. The number of aromatic nitrogens is 5. The summed E-state index contributed by atoms with van der Waals surface area (Å²) in [5.41, 5.74) is 0.778. The Morgan fingerprint density at radius 1 is 1.16 bits per heavy atom. The number of para-hydroxylation sites is 1. The molecule has 0 spiro atoms. The molecule has 3 unspecified atom stereocenters. The quantitative estimate of drug-likeness (QED) is 0.525. The minimum atomic E-state index is -0.693. The second-order valence-corrected chi connectivity index (χ2v) is 8.80. The van der Waals surface area contributed by atoms with E-state index in [-0.39, 0.29) is 28.9 Å². The fraction of sp³-hybridized carbons (Fsp3) is 0.429. The molecule has 1 fully saturated rings. The van der Waals surface area contributed by atoms with Crippen molar-refractivity contribution in [2.45, 2.75) is 50.9 Å². The highest BCUT2D eigenvalue weighted by molar-refractivity contribution is 8.01. The highest BCUT2D eigenvalue weighted by atomic mass is 32.2. The van der Waals surface area contributed by atoms with Crippen LogP contribution >= 0.6 is 11.9 Å². The van der Waals surface area contributed by atoms with Gasteiger partial charge < -0.3 is 4.74 Å². The van der Waals surface area contributed by atoms with E-state index in [1.54, 1.807) is 12.4 Å². The van der Waals surface area contributed by atoms with Crippen LogP contribution in [-0.4, -0.2) is 36.6 Å². The number of hydrogen-bond donors (Lipinski definition) is 1. The summed E-state index contributed by atoms with van der Waals surface area (Å²) < 4.78 is 39.5. The van der Waals surface area contributed by atoms with Gasteiger partial charge in [0.15, 0.2) is 5.82 Å². The summed E-state index contributed by atoms with van der Waals surface area (Å²) in [4.78, 5) is 8.80. The van der Waals surface area contributed by atoms with E-state index < -0.39 is 11.6 Å². The van der Waals surface area contributed by atoms with Crippen LogP contribution in [-0.2, 0) is 4.74 Å². The molecule has 0 saturated carbocycles. The maximum absolute atomic E-state index is 14.6. The van der Waals surface area contributed by atoms with Gasteiger partial charge in [0.25, 0.3) is 0 Å². The molecule has 1 aliphatic rings. The smallest absolute Gasteiger partial charge is 0.239 e. The van der Waals surface area contributed by atoms with Gasteiger partial charge in [-0.05, 0) is 49.4 Å². The first-order valence-electron chi connectivity index (χ1n) is 10.2. The van der Waals surface area contributed by atoms with Crippen molar-refractivity contribution in [1.29, 1.82) is 0 Å². The van der Waals surface area contributed by atoms with Crippen LogP contribution in [0.25, 0.3) is 5.69 Å². The van der Waals surface area contributed by atoms with Gasteiger partial charge in [-0.1, -0.05) is 19.9 Å². The minimum Gasteiger partial charge on any atom is -0.370 e. The second-order valence-electron chi connectivity index (χ2n) is 7.62. The third-order valence-corrected chi connectivity index (χ3v) is 6.40. The molecule has 0 amide bonds. The van der Waals surface area contributed by atoms with Gasteiger partial charge in [0.1, 0.15) is 29.3 Å². The fourth-order valence-electron chi connectivity index (χ4n) is 3.37. The summed E-state index contributed by atoms with van der Waals surface area (Å²) in [6.07, 6.45) is 4.80. The number of aryl methyl sites for hydroxylation is 1. The zero-order chi connectivity index (χ0) is 22.0. The molecule has 7 nitrogen and oxygen atoms in total. The lowest BCUT2D eigenvalue weighted by Crippen LogP contribution is -2.16. The highest BCUT2D eigenvalue weighted by Crippen LogP contribution is 2.34. The minimum absolute atomic E-state index is 0.0392. The van der Waals surface area contributed by atoms with Gasteiger partial charge >= 0.3 is 0 Å². The first-order chi connectivity index (χ1) is 15.0. The van der Waals surface area contributed by atoms with Crippen LogP contribution in [0, 0.1) is 18.6 Å². The average molecular weight is 447 g/mol. The molecule has 10 heteroatoms. The molecule has 0 bridgehead atoms. The van der Waals surface area contributed by atoms with E-state index in [9.17, 15) is 8.78 Å². The average Bonchev–Trinajstić information content (AvgIpc) is 3.42. The SMILES string of the molecule is Cc1cnc(C(C)C(C)SNc2nnc(C3CCCO3)n2-c2c(F)cccc2F)nc1. The molecule has 1 saturated heterocycles. The van der Waals surface area contributed by atoms with Crippen molar-refractivity contribution in [3.8, 4) is 5.69 Å². The van der Waals surface area contributed by atoms with Crippen molar-refractivity contribution in [3.63, 3.8) is 0 Å². The van der Waals surface area contributed by atoms with Crippen molar-refractivity contribution < 1.29 is 13.5 Å². The van der Waals surface area contributed by atoms with E-state index in [1.165, 1.54) is 34.7 Å². The van der Waals surface area contributed by atoms with Crippen LogP contribution in [0.2, 0.25) is 0 Å². The Balaban J connectivity index is 1.60. The normalized spacial score (nSPS) is 18.2. The first kappa shape index (κ1) is 21.6. The van der Waals surface area contributed by atoms with Crippen LogP contribution < -0.4 is 4.72 Å². The van der Waals surface area contributed by atoms with E-state index in [2.05, 4.69) is 24.9 Å². The predicted octanol–water partition coefficient (Wildman–Crippen LogP) is 4.75. The highest BCUT2D eigenvalue weighted by Gasteiger charge is 2.29. The molecule has 1 aliphatic heterocycles. The lowest BCUT2D eigenvalue weighted by atomic mass is 10.1. The number of benzene rings is 1. The van der Waals surface area contributed by atoms with Gasteiger partial charge in [-0.15, -0.1) is 10.2 Å². The number of nitrogens with one attached hydrogen (secondary N) is 1. The van der Waals surface area contributed by atoms with Gasteiger partial charge in [0.05, 0.1) is 0 Å². The van der Waals surface area contributed by atoms with Crippen LogP contribution in [0.5, 0.6) is 0 Å². The monoisotopic (exact) mass is 446 g/mol. The Morgan fingerprint density at radius 2 is 1.87 bits per heavy atom. The Bertz CT molecular complexity index is 1020. The van der Waals surface area contributed by atoms with E-state index in [4.69, 9.17) is 4.74 Å². The lowest BCUT2D eigenvalue weighted by molar-refractivity contribution is 0.103. The van der Waals surface area contributed by atoms with Crippen molar-refractivity contribution in [2.24, 2.45) is 0 Å². The van der Waals surface area contributed by atoms with Crippen LogP contribution in [0.3, 0.4) is 0 Å². The molecule has 1 aromatic carbocycles. The number of halogens is 2. The summed E-state index contributed by atoms with van der Waals surface area (Å²) in [5.74, 6) is 0.00467. The summed E-state index contributed by atoms with van der Waals surface area (Å²) in [6.45, 7) is 6.58. The Morgan fingerprint density at radius 3 is 2.52 bits per heavy atom. The molecule has 3 aromatic rings. The molecule has 4 rings (SSSR count). The fourth-order valence-corrected chi connectivity index (χ4v) is 4.12. The Labute approximate surface area is 183 Å². The van der Waals surface area contributed by atoms with Gasteiger partial charge in [-0.25, -0.2) is 18.7 Å². The Kier molecular flexibility index (Phi) is 6.47. The molecular weight excluding hydrogens is 422 g/mol. The summed E-state index contributed by atoms with van der Waals surface area (Å²) >= 11 is 1.37. The van der Waals surface area contributed by atoms with E-state index in [0.29, 0.717) is 12.4 Å². The van der Waals surface area contributed by atoms with Crippen LogP contribution in [0.1, 0.15) is 55.9 Å². The molecule has 1 N–H and O–H groups in total. The van der Waals surface area contributed by atoms with Gasteiger partial charge in [0, 0.05) is 30.2 Å². The van der Waals surface area contributed by atoms with Crippen molar-refractivity contribution in [1.82, 2.24) is 24.7 Å². The zero-order valence-electron chi connectivity index (χ0n) is 17.5. The Hall–Kier alpha value is -2.59. The third kappa shape index (κ3) is 4.54. The third-order valence-electron chi connectivity index (χ3n) is 5.32. The van der Waals surface area contributed by atoms with E-state index >= 15 is 0 Å².